The van der Waals surface area contributed by atoms with Crippen LogP contribution in [-0.2, 0) is 0 Å². The van der Waals surface area contributed by atoms with E-state index in [2.05, 4.69) is 63.2 Å². The van der Waals surface area contributed by atoms with Crippen LogP contribution in [0.4, 0.5) is 11.8 Å². The number of unbranched alkanes of at least 4 members (excludes halogenated alkanes) is 1. The molecule has 0 saturated carbocycles. The van der Waals surface area contributed by atoms with Crippen molar-refractivity contribution in [2.75, 3.05) is 23.8 Å². The molecular weight excluding hydrogens is 284 g/mol. The van der Waals surface area contributed by atoms with Gasteiger partial charge in [0.15, 0.2) is 0 Å². The molecule has 0 atom stereocenters. The summed E-state index contributed by atoms with van der Waals surface area (Å²) in [5.74, 6) is 1.64. The average Bonchev–Trinajstić information content (AvgIpc) is 2.51. The maximum atomic E-state index is 4.70. The molecule has 4 heteroatoms. The predicted molar refractivity (Wildman–Crippen MR) is 99.0 cm³/mol. The Bertz CT molecular complexity index is 617. The first kappa shape index (κ1) is 17.3. The van der Waals surface area contributed by atoms with Crippen molar-refractivity contribution in [3.05, 3.63) is 36.4 Å². The van der Waals surface area contributed by atoms with E-state index in [0.717, 1.165) is 30.0 Å². The van der Waals surface area contributed by atoms with E-state index in [-0.39, 0.29) is 5.54 Å². The number of hydrogen-bond acceptors (Lipinski definition) is 4. The molecular formula is C19H28N4. The molecule has 0 radical (unpaired) electrons. The smallest absolute Gasteiger partial charge is 0.225 e. The second-order valence-corrected chi connectivity index (χ2v) is 6.95. The minimum Gasteiger partial charge on any atom is -0.359 e. The molecule has 0 aliphatic rings. The van der Waals surface area contributed by atoms with Gasteiger partial charge in [0.1, 0.15) is 5.82 Å². The first-order chi connectivity index (χ1) is 10.9. The zero-order chi connectivity index (χ0) is 16.9. The van der Waals surface area contributed by atoms with E-state index in [1.807, 2.05) is 18.2 Å². The van der Waals surface area contributed by atoms with Crippen molar-refractivity contribution in [3.63, 3.8) is 0 Å². The second-order valence-electron chi connectivity index (χ2n) is 6.95. The van der Waals surface area contributed by atoms with Gasteiger partial charge in [0.25, 0.3) is 0 Å². The molecule has 0 unspecified atom stereocenters. The lowest BCUT2D eigenvalue weighted by molar-refractivity contribution is 0.625. The van der Waals surface area contributed by atoms with Gasteiger partial charge >= 0.3 is 0 Å². The lowest BCUT2D eigenvalue weighted by Crippen LogP contribution is -2.28. The van der Waals surface area contributed by atoms with Gasteiger partial charge in [-0.2, -0.15) is 4.98 Å². The van der Waals surface area contributed by atoms with E-state index < -0.39 is 0 Å². The summed E-state index contributed by atoms with van der Waals surface area (Å²) in [6, 6.07) is 12.3. The van der Waals surface area contributed by atoms with Crippen LogP contribution in [0, 0.1) is 0 Å². The second kappa shape index (κ2) is 7.44. The average molecular weight is 312 g/mol. The van der Waals surface area contributed by atoms with Crippen LogP contribution in [0.2, 0.25) is 0 Å². The molecule has 0 aliphatic carbocycles. The summed E-state index contributed by atoms with van der Waals surface area (Å²) in [5, 5.41) is 3.39. The number of benzene rings is 1. The monoisotopic (exact) mass is 312 g/mol. The maximum absolute atomic E-state index is 4.70. The summed E-state index contributed by atoms with van der Waals surface area (Å²) in [6.45, 7) is 9.55. The molecule has 1 aromatic carbocycles. The van der Waals surface area contributed by atoms with Gasteiger partial charge in [-0.1, -0.05) is 43.7 Å². The van der Waals surface area contributed by atoms with Gasteiger partial charge in [0, 0.05) is 30.8 Å². The van der Waals surface area contributed by atoms with Crippen LogP contribution in [0.15, 0.2) is 36.4 Å². The molecule has 0 bridgehead atoms. The number of nitrogens with one attached hydrogen (secondary N) is 1. The molecule has 2 aromatic rings. The van der Waals surface area contributed by atoms with E-state index in [4.69, 9.17) is 9.97 Å². The normalized spacial score (nSPS) is 11.3. The van der Waals surface area contributed by atoms with Crippen molar-refractivity contribution < 1.29 is 0 Å². The van der Waals surface area contributed by atoms with Gasteiger partial charge in [-0.25, -0.2) is 4.98 Å². The van der Waals surface area contributed by atoms with Crippen molar-refractivity contribution >= 4 is 11.8 Å². The molecule has 1 aromatic heterocycles. The van der Waals surface area contributed by atoms with Crippen LogP contribution < -0.4 is 10.2 Å². The number of anilines is 2. The zero-order valence-corrected chi connectivity index (χ0v) is 14.9. The van der Waals surface area contributed by atoms with Crippen molar-refractivity contribution in [1.82, 2.24) is 9.97 Å². The molecule has 23 heavy (non-hydrogen) atoms. The van der Waals surface area contributed by atoms with Gasteiger partial charge < -0.3 is 10.2 Å². The van der Waals surface area contributed by atoms with E-state index >= 15 is 0 Å². The van der Waals surface area contributed by atoms with Crippen molar-refractivity contribution in [2.45, 2.75) is 46.1 Å². The van der Waals surface area contributed by atoms with E-state index in [1.54, 1.807) is 0 Å². The molecule has 0 fully saturated rings. The highest BCUT2D eigenvalue weighted by Crippen LogP contribution is 2.24. The quantitative estimate of drug-likeness (QED) is 0.847. The number of rotatable bonds is 6. The Morgan fingerprint density at radius 3 is 2.39 bits per heavy atom. The summed E-state index contributed by atoms with van der Waals surface area (Å²) in [4.78, 5) is 11.6. The van der Waals surface area contributed by atoms with Crippen LogP contribution in [0.25, 0.3) is 11.3 Å². The molecule has 1 heterocycles. The minimum atomic E-state index is -0.0748. The number of aromatic nitrogens is 2. The Kier molecular flexibility index (Phi) is 5.59. The largest absolute Gasteiger partial charge is 0.359 e. The van der Waals surface area contributed by atoms with Gasteiger partial charge in [-0.05, 0) is 27.2 Å². The topological polar surface area (TPSA) is 41.1 Å². The maximum Gasteiger partial charge on any atom is 0.225 e. The first-order valence-electron chi connectivity index (χ1n) is 8.33. The Labute approximate surface area is 140 Å². The summed E-state index contributed by atoms with van der Waals surface area (Å²) in [7, 11) is 2.09. The highest BCUT2D eigenvalue weighted by Gasteiger charge is 2.15. The van der Waals surface area contributed by atoms with Crippen LogP contribution in [-0.4, -0.2) is 29.1 Å². The van der Waals surface area contributed by atoms with Gasteiger partial charge in [-0.3, -0.25) is 0 Å². The molecule has 0 spiro atoms. The third-order valence-electron chi connectivity index (χ3n) is 3.51. The molecule has 4 nitrogen and oxygen atoms in total. The highest BCUT2D eigenvalue weighted by molar-refractivity contribution is 5.64. The lowest BCUT2D eigenvalue weighted by Gasteiger charge is -2.23. The third kappa shape index (κ3) is 5.23. The van der Waals surface area contributed by atoms with Crippen LogP contribution in [0.5, 0.6) is 0 Å². The molecule has 124 valence electrons. The van der Waals surface area contributed by atoms with Crippen LogP contribution in [0.1, 0.15) is 40.5 Å². The Balaban J connectivity index is 2.39. The Morgan fingerprint density at radius 2 is 1.78 bits per heavy atom. The summed E-state index contributed by atoms with van der Waals surface area (Å²) in [5.41, 5.74) is 1.98. The molecule has 0 saturated heterocycles. The summed E-state index contributed by atoms with van der Waals surface area (Å²) in [6.07, 6.45) is 2.33. The molecule has 1 N–H and O–H groups in total. The SMILES string of the molecule is CCCCN(C)c1cc(-c2ccccc2)nc(NC(C)(C)C)n1. The third-order valence-corrected chi connectivity index (χ3v) is 3.51. The fraction of sp³-hybridized carbons (Fsp3) is 0.474. The first-order valence-corrected chi connectivity index (χ1v) is 8.33. The number of hydrogen-bond donors (Lipinski definition) is 1. The highest BCUT2D eigenvalue weighted by atomic mass is 15.2. The standard InChI is InChI=1S/C19H28N4/c1-6-7-13-23(5)17-14-16(15-11-9-8-10-12-15)20-18(21-17)22-19(2,3)4/h8-12,14H,6-7,13H2,1-5H3,(H,20,21,22). The van der Waals surface area contributed by atoms with Crippen molar-refractivity contribution in [2.24, 2.45) is 0 Å². The lowest BCUT2D eigenvalue weighted by atomic mass is 10.1. The number of nitrogens with zero attached hydrogens (tertiary/aromatic N) is 3. The fourth-order valence-electron chi connectivity index (χ4n) is 2.29. The van der Waals surface area contributed by atoms with Crippen LogP contribution in [0.3, 0.4) is 0 Å². The predicted octanol–water partition coefficient (Wildman–Crippen LogP) is 4.59. The van der Waals surface area contributed by atoms with Crippen LogP contribution >= 0.6 is 0 Å². The van der Waals surface area contributed by atoms with Crippen molar-refractivity contribution in [1.29, 1.82) is 0 Å². The van der Waals surface area contributed by atoms with E-state index in [1.165, 1.54) is 6.42 Å². The zero-order valence-electron chi connectivity index (χ0n) is 14.9. The summed E-state index contributed by atoms with van der Waals surface area (Å²) >= 11 is 0. The molecule has 2 rings (SSSR count). The molecule has 0 aliphatic heterocycles. The van der Waals surface area contributed by atoms with Gasteiger partial charge in [0.2, 0.25) is 5.95 Å². The minimum absolute atomic E-state index is 0.0748. The van der Waals surface area contributed by atoms with Gasteiger partial charge in [-0.15, -0.1) is 0 Å². The van der Waals surface area contributed by atoms with E-state index in [0.29, 0.717) is 5.95 Å². The fourth-order valence-corrected chi connectivity index (χ4v) is 2.29. The van der Waals surface area contributed by atoms with E-state index in [9.17, 15) is 0 Å². The molecule has 0 amide bonds. The Hall–Kier alpha value is -2.10. The van der Waals surface area contributed by atoms with Crippen molar-refractivity contribution in [3.8, 4) is 11.3 Å². The summed E-state index contributed by atoms with van der Waals surface area (Å²) < 4.78 is 0. The van der Waals surface area contributed by atoms with Gasteiger partial charge in [0.05, 0.1) is 5.69 Å². The Morgan fingerprint density at radius 1 is 1.09 bits per heavy atom.